The van der Waals surface area contributed by atoms with Crippen molar-refractivity contribution in [1.29, 1.82) is 5.26 Å². The number of phenolic OH excluding ortho intramolecular Hbond substituents is 1. The molecule has 0 unspecified atom stereocenters. The number of nitrogens with zero attached hydrogens (tertiary/aromatic N) is 6. The number of phenols is 1. The zero-order chi connectivity index (χ0) is 18.3. The highest BCUT2D eigenvalue weighted by atomic mass is 16.3. The maximum Gasteiger partial charge on any atom is 0.180 e. The second kappa shape index (κ2) is 6.39. The Bertz CT molecular complexity index is 996. The molecule has 4 rings (SSSR count). The van der Waals surface area contributed by atoms with E-state index in [0.717, 1.165) is 42.5 Å². The Hall–Kier alpha value is -2.98. The highest BCUT2D eigenvalue weighted by molar-refractivity contribution is 5.81. The molecule has 0 aliphatic carbocycles. The number of fused-ring (bicyclic) bond motifs is 1. The molecule has 1 fully saturated rings. The zero-order valence-corrected chi connectivity index (χ0v) is 14.8. The van der Waals surface area contributed by atoms with Crippen LogP contribution in [0.3, 0.4) is 0 Å². The van der Waals surface area contributed by atoms with Crippen molar-refractivity contribution in [2.75, 3.05) is 20.1 Å². The number of benzene rings is 1. The molecule has 1 aromatic carbocycles. The van der Waals surface area contributed by atoms with E-state index in [0.29, 0.717) is 22.9 Å². The summed E-state index contributed by atoms with van der Waals surface area (Å²) in [6.07, 6.45) is 4.03. The first kappa shape index (κ1) is 16.5. The van der Waals surface area contributed by atoms with Gasteiger partial charge in [-0.15, -0.1) is 10.2 Å². The monoisotopic (exact) mass is 348 g/mol. The van der Waals surface area contributed by atoms with Crippen LogP contribution in [0.25, 0.3) is 22.3 Å². The Morgan fingerprint density at radius 3 is 2.85 bits per heavy atom. The molecule has 26 heavy (non-hydrogen) atoms. The van der Waals surface area contributed by atoms with Gasteiger partial charge in [-0.2, -0.15) is 10.4 Å². The van der Waals surface area contributed by atoms with Crippen molar-refractivity contribution in [2.24, 2.45) is 0 Å². The minimum atomic E-state index is 0.0384. The van der Waals surface area contributed by atoms with Crippen molar-refractivity contribution >= 4 is 11.0 Å². The smallest absolute Gasteiger partial charge is 0.180 e. The quantitative estimate of drug-likeness (QED) is 0.765. The minimum Gasteiger partial charge on any atom is -0.507 e. The van der Waals surface area contributed by atoms with Crippen LogP contribution in [0.4, 0.5) is 0 Å². The van der Waals surface area contributed by atoms with E-state index in [1.54, 1.807) is 12.3 Å². The molecule has 132 valence electrons. The summed E-state index contributed by atoms with van der Waals surface area (Å²) in [6.45, 7) is 3.92. The van der Waals surface area contributed by atoms with Crippen LogP contribution >= 0.6 is 0 Å². The highest BCUT2D eigenvalue weighted by Gasteiger charge is 2.22. The van der Waals surface area contributed by atoms with Gasteiger partial charge in [0.1, 0.15) is 5.75 Å². The molecule has 3 aromatic rings. The van der Waals surface area contributed by atoms with Crippen LogP contribution in [0.1, 0.15) is 30.0 Å². The SMILES string of the molecule is Cc1cc(C#N)cc(O)c1-c1cc2cnn([C@H]3CCCN(C)C3)c2nn1. The molecule has 0 bridgehead atoms. The number of aromatic hydroxyl groups is 1. The molecule has 1 atom stereocenters. The fourth-order valence-electron chi connectivity index (χ4n) is 3.75. The Morgan fingerprint density at radius 2 is 2.12 bits per heavy atom. The van der Waals surface area contributed by atoms with E-state index in [4.69, 9.17) is 5.26 Å². The van der Waals surface area contributed by atoms with Crippen LogP contribution in [0, 0.1) is 18.3 Å². The molecular formula is C19H20N6O. The van der Waals surface area contributed by atoms with E-state index in [9.17, 15) is 5.11 Å². The summed E-state index contributed by atoms with van der Waals surface area (Å²) in [5.74, 6) is 0.0384. The van der Waals surface area contributed by atoms with E-state index >= 15 is 0 Å². The lowest BCUT2D eigenvalue weighted by molar-refractivity contribution is 0.205. The molecule has 1 saturated heterocycles. The van der Waals surface area contributed by atoms with Gasteiger partial charge in [0.05, 0.1) is 29.6 Å². The normalized spacial score (nSPS) is 18.1. The Morgan fingerprint density at radius 1 is 1.27 bits per heavy atom. The maximum absolute atomic E-state index is 10.3. The minimum absolute atomic E-state index is 0.0384. The third-order valence-electron chi connectivity index (χ3n) is 4.99. The molecule has 1 N–H and O–H groups in total. The first-order valence-corrected chi connectivity index (χ1v) is 8.70. The lowest BCUT2D eigenvalue weighted by Gasteiger charge is -2.29. The Balaban J connectivity index is 1.75. The standard InChI is InChI=1S/C19H20N6O/c1-12-6-13(9-20)7-17(26)18(12)16-8-14-10-21-25(19(14)23-22-16)15-4-3-5-24(2)11-15/h6-8,10,15,26H,3-5,11H2,1-2H3/t15-/m0/s1. The largest absolute Gasteiger partial charge is 0.507 e. The van der Waals surface area contributed by atoms with Crippen LogP contribution in [-0.4, -0.2) is 50.1 Å². The number of piperidine rings is 1. The van der Waals surface area contributed by atoms with E-state index in [1.165, 1.54) is 6.07 Å². The molecule has 0 saturated carbocycles. The van der Waals surface area contributed by atoms with Crippen molar-refractivity contribution in [3.8, 4) is 23.1 Å². The average Bonchev–Trinajstić information content (AvgIpc) is 3.04. The molecular weight excluding hydrogens is 328 g/mol. The molecule has 0 amide bonds. The number of hydrogen-bond acceptors (Lipinski definition) is 6. The second-order valence-electron chi connectivity index (χ2n) is 6.96. The van der Waals surface area contributed by atoms with Crippen molar-refractivity contribution in [3.05, 3.63) is 35.5 Å². The summed E-state index contributed by atoms with van der Waals surface area (Å²) in [5, 5.41) is 33.5. The van der Waals surface area contributed by atoms with Gasteiger partial charge in [0.15, 0.2) is 5.65 Å². The Labute approximate surface area is 151 Å². The predicted molar refractivity (Wildman–Crippen MR) is 97.6 cm³/mol. The maximum atomic E-state index is 10.3. The zero-order valence-electron chi connectivity index (χ0n) is 14.8. The fourth-order valence-corrected chi connectivity index (χ4v) is 3.75. The van der Waals surface area contributed by atoms with E-state index in [1.807, 2.05) is 23.7 Å². The molecule has 7 heteroatoms. The molecule has 7 nitrogen and oxygen atoms in total. The first-order valence-electron chi connectivity index (χ1n) is 8.70. The second-order valence-corrected chi connectivity index (χ2v) is 6.96. The number of likely N-dealkylation sites (N-methyl/N-ethyl adjacent to an activating group) is 1. The highest BCUT2D eigenvalue weighted by Crippen LogP contribution is 2.33. The lowest BCUT2D eigenvalue weighted by atomic mass is 10.0. The van der Waals surface area contributed by atoms with Gasteiger partial charge in [0, 0.05) is 17.5 Å². The van der Waals surface area contributed by atoms with Crippen molar-refractivity contribution in [3.63, 3.8) is 0 Å². The average molecular weight is 348 g/mol. The first-order chi connectivity index (χ1) is 12.6. The van der Waals surface area contributed by atoms with Crippen LogP contribution in [0.2, 0.25) is 0 Å². The lowest BCUT2D eigenvalue weighted by Crippen LogP contribution is -2.34. The van der Waals surface area contributed by atoms with Gasteiger partial charge >= 0.3 is 0 Å². The van der Waals surface area contributed by atoms with E-state index in [2.05, 4.69) is 27.2 Å². The molecule has 0 radical (unpaired) electrons. The number of aromatic nitrogens is 4. The summed E-state index contributed by atoms with van der Waals surface area (Å²) >= 11 is 0. The van der Waals surface area contributed by atoms with Gasteiger partial charge in [0.25, 0.3) is 0 Å². The molecule has 2 aromatic heterocycles. The summed E-state index contributed by atoms with van der Waals surface area (Å²) in [4.78, 5) is 2.31. The summed E-state index contributed by atoms with van der Waals surface area (Å²) in [5.41, 5.74) is 3.16. The van der Waals surface area contributed by atoms with Crippen molar-refractivity contribution in [1.82, 2.24) is 24.9 Å². The third kappa shape index (κ3) is 2.78. The van der Waals surface area contributed by atoms with Crippen molar-refractivity contribution < 1.29 is 5.11 Å². The van der Waals surface area contributed by atoms with Gasteiger partial charge in [0.2, 0.25) is 0 Å². The molecule has 1 aliphatic rings. The van der Waals surface area contributed by atoms with Crippen LogP contribution in [0.15, 0.2) is 24.4 Å². The van der Waals surface area contributed by atoms with Gasteiger partial charge < -0.3 is 10.0 Å². The van der Waals surface area contributed by atoms with Crippen LogP contribution in [0.5, 0.6) is 5.75 Å². The van der Waals surface area contributed by atoms with E-state index < -0.39 is 0 Å². The van der Waals surface area contributed by atoms with Gasteiger partial charge in [-0.05, 0) is 57.1 Å². The number of likely N-dealkylation sites (tertiary alicyclic amines) is 1. The summed E-state index contributed by atoms with van der Waals surface area (Å²) < 4.78 is 1.97. The predicted octanol–water partition coefficient (Wildman–Crippen LogP) is 2.65. The number of rotatable bonds is 2. The summed E-state index contributed by atoms with van der Waals surface area (Å²) in [6, 6.07) is 7.44. The molecule has 3 heterocycles. The topological polar surface area (TPSA) is 90.9 Å². The van der Waals surface area contributed by atoms with E-state index in [-0.39, 0.29) is 5.75 Å². The number of aryl methyl sites for hydroxylation is 1. The van der Waals surface area contributed by atoms with Gasteiger partial charge in [-0.3, -0.25) is 0 Å². The number of hydrogen-bond donors (Lipinski definition) is 1. The summed E-state index contributed by atoms with van der Waals surface area (Å²) in [7, 11) is 2.12. The van der Waals surface area contributed by atoms with Gasteiger partial charge in [-0.25, -0.2) is 4.68 Å². The van der Waals surface area contributed by atoms with Crippen molar-refractivity contribution in [2.45, 2.75) is 25.8 Å². The van der Waals surface area contributed by atoms with Crippen LogP contribution < -0.4 is 0 Å². The fraction of sp³-hybridized carbons (Fsp3) is 0.368. The third-order valence-corrected chi connectivity index (χ3v) is 4.99. The van der Waals surface area contributed by atoms with Crippen LogP contribution in [-0.2, 0) is 0 Å². The molecule has 1 aliphatic heterocycles. The molecule has 0 spiro atoms. The van der Waals surface area contributed by atoms with Gasteiger partial charge in [-0.1, -0.05) is 0 Å². The number of nitriles is 1. The Kier molecular flexibility index (Phi) is 4.05.